The fraction of sp³-hybridized carbons (Fsp3) is 0.0500. The van der Waals surface area contributed by atoms with Crippen molar-refractivity contribution in [1.29, 1.82) is 0 Å². The van der Waals surface area contributed by atoms with Gasteiger partial charge in [0.15, 0.2) is 5.17 Å². The molecule has 1 heterocycles. The number of para-hydroxylation sites is 1. The molecule has 0 radical (unpaired) electrons. The SMILES string of the molecule is CN1C(=O)/C(=C/C=C/c2ccccc2)SC1=Nc1ccccc1C(=O)O. The van der Waals surface area contributed by atoms with Crippen LogP contribution in [0.4, 0.5) is 5.69 Å². The summed E-state index contributed by atoms with van der Waals surface area (Å²) in [6.07, 6.45) is 5.47. The second-order valence-electron chi connectivity index (χ2n) is 5.48. The third kappa shape index (κ3) is 3.92. The first-order chi connectivity index (χ1) is 12.6. The van der Waals surface area contributed by atoms with Crippen LogP contribution in [-0.4, -0.2) is 34.1 Å². The second-order valence-corrected chi connectivity index (χ2v) is 6.49. The molecule has 1 saturated heterocycles. The maximum atomic E-state index is 12.4. The zero-order valence-electron chi connectivity index (χ0n) is 14.0. The summed E-state index contributed by atoms with van der Waals surface area (Å²) in [7, 11) is 1.62. The molecule has 0 spiro atoms. The van der Waals surface area contributed by atoms with Crippen LogP contribution in [0.3, 0.4) is 0 Å². The molecule has 2 aromatic carbocycles. The van der Waals surface area contributed by atoms with E-state index in [2.05, 4.69) is 4.99 Å². The summed E-state index contributed by atoms with van der Waals surface area (Å²) in [6, 6.07) is 16.2. The number of aromatic carboxylic acids is 1. The van der Waals surface area contributed by atoms with Gasteiger partial charge in [-0.05, 0) is 35.5 Å². The number of likely N-dealkylation sites (N-methyl/N-ethyl adjacent to an activating group) is 1. The van der Waals surface area contributed by atoms with Gasteiger partial charge >= 0.3 is 5.97 Å². The van der Waals surface area contributed by atoms with Gasteiger partial charge in [-0.2, -0.15) is 0 Å². The maximum Gasteiger partial charge on any atom is 0.337 e. The zero-order valence-corrected chi connectivity index (χ0v) is 14.8. The van der Waals surface area contributed by atoms with Crippen LogP contribution < -0.4 is 0 Å². The number of allylic oxidation sites excluding steroid dienone is 2. The number of nitrogens with zero attached hydrogens (tertiary/aromatic N) is 2. The van der Waals surface area contributed by atoms with E-state index in [-0.39, 0.29) is 11.5 Å². The van der Waals surface area contributed by atoms with Crippen LogP contribution >= 0.6 is 11.8 Å². The predicted molar refractivity (Wildman–Crippen MR) is 104 cm³/mol. The van der Waals surface area contributed by atoms with E-state index >= 15 is 0 Å². The van der Waals surface area contributed by atoms with Gasteiger partial charge in [0.05, 0.1) is 16.2 Å². The summed E-state index contributed by atoms with van der Waals surface area (Å²) < 4.78 is 0. The van der Waals surface area contributed by atoms with Crippen LogP contribution in [0, 0.1) is 0 Å². The first-order valence-electron chi connectivity index (χ1n) is 7.86. The molecular weight excluding hydrogens is 348 g/mol. The standard InChI is InChI=1S/C20H16N2O3S/c1-22-18(23)17(13-7-10-14-8-3-2-4-9-14)26-20(22)21-16-12-6-5-11-15(16)19(24)25/h2-13H,1H3,(H,24,25)/b10-7+,17-13-,21-20?. The van der Waals surface area contributed by atoms with Gasteiger partial charge in [-0.1, -0.05) is 54.6 Å². The highest BCUT2D eigenvalue weighted by molar-refractivity contribution is 8.18. The number of rotatable bonds is 4. The Hall–Kier alpha value is -3.12. The molecule has 2 aromatic rings. The van der Waals surface area contributed by atoms with Gasteiger partial charge in [-0.15, -0.1) is 0 Å². The monoisotopic (exact) mass is 364 g/mol. The lowest BCUT2D eigenvalue weighted by Crippen LogP contribution is -2.23. The van der Waals surface area contributed by atoms with Crippen LogP contribution in [0.5, 0.6) is 0 Å². The Kier molecular flexibility index (Phi) is 5.34. The molecule has 0 bridgehead atoms. The minimum atomic E-state index is -1.05. The molecule has 0 unspecified atom stereocenters. The zero-order chi connectivity index (χ0) is 18.5. The highest BCUT2D eigenvalue weighted by Gasteiger charge is 2.30. The van der Waals surface area contributed by atoms with Crippen molar-refractivity contribution < 1.29 is 14.7 Å². The van der Waals surface area contributed by atoms with E-state index in [1.165, 1.54) is 22.7 Å². The molecule has 130 valence electrons. The lowest BCUT2D eigenvalue weighted by molar-refractivity contribution is -0.121. The molecule has 0 saturated carbocycles. The molecule has 5 nitrogen and oxygen atoms in total. The van der Waals surface area contributed by atoms with E-state index in [4.69, 9.17) is 0 Å². The van der Waals surface area contributed by atoms with Crippen LogP contribution in [0.1, 0.15) is 15.9 Å². The number of carboxylic acid groups (broad SMARTS) is 1. The Morgan fingerprint density at radius 2 is 1.81 bits per heavy atom. The summed E-state index contributed by atoms with van der Waals surface area (Å²) >= 11 is 1.22. The number of carbonyl (C=O) groups is 2. The van der Waals surface area contributed by atoms with Crippen molar-refractivity contribution in [2.24, 2.45) is 4.99 Å². The second kappa shape index (κ2) is 7.84. The summed E-state index contributed by atoms with van der Waals surface area (Å²) in [5, 5.41) is 9.70. The maximum absolute atomic E-state index is 12.4. The lowest BCUT2D eigenvalue weighted by Gasteiger charge is -2.08. The average Bonchev–Trinajstić information content (AvgIpc) is 2.91. The van der Waals surface area contributed by atoms with Gasteiger partial charge in [0.2, 0.25) is 0 Å². The number of carbonyl (C=O) groups excluding carboxylic acids is 1. The summed E-state index contributed by atoms with van der Waals surface area (Å²) in [5.41, 5.74) is 1.46. The van der Waals surface area contributed by atoms with Crippen molar-refractivity contribution in [2.45, 2.75) is 0 Å². The molecule has 0 aliphatic carbocycles. The normalized spacial score (nSPS) is 17.6. The van der Waals surface area contributed by atoms with E-state index in [0.29, 0.717) is 15.8 Å². The van der Waals surface area contributed by atoms with E-state index in [9.17, 15) is 14.7 Å². The van der Waals surface area contributed by atoms with Crippen LogP contribution in [0.25, 0.3) is 6.08 Å². The third-order valence-electron chi connectivity index (χ3n) is 3.69. The van der Waals surface area contributed by atoms with E-state index < -0.39 is 5.97 Å². The minimum Gasteiger partial charge on any atom is -0.478 e. The summed E-state index contributed by atoms with van der Waals surface area (Å²) in [5.74, 6) is -1.22. The van der Waals surface area contributed by atoms with Crippen LogP contribution in [0.15, 0.2) is 76.6 Å². The first kappa shape index (κ1) is 17.7. The molecular formula is C20H16N2O3S. The lowest BCUT2D eigenvalue weighted by atomic mass is 10.2. The Labute approximate surface area is 155 Å². The first-order valence-corrected chi connectivity index (χ1v) is 8.68. The largest absolute Gasteiger partial charge is 0.478 e. The number of hydrogen-bond donors (Lipinski definition) is 1. The van der Waals surface area contributed by atoms with E-state index in [1.807, 2.05) is 42.5 Å². The number of carboxylic acids is 1. The molecule has 26 heavy (non-hydrogen) atoms. The fourth-order valence-corrected chi connectivity index (χ4v) is 3.26. The van der Waals surface area contributed by atoms with Crippen molar-refractivity contribution >= 4 is 40.6 Å². The van der Waals surface area contributed by atoms with Gasteiger partial charge in [-0.3, -0.25) is 9.69 Å². The van der Waals surface area contributed by atoms with Crippen LogP contribution in [0.2, 0.25) is 0 Å². The highest BCUT2D eigenvalue weighted by Crippen LogP contribution is 2.32. The Morgan fingerprint density at radius 3 is 2.54 bits per heavy atom. The topological polar surface area (TPSA) is 70.0 Å². The molecule has 0 atom stereocenters. The molecule has 1 fully saturated rings. The number of thioether (sulfide) groups is 1. The average molecular weight is 364 g/mol. The third-order valence-corrected chi connectivity index (χ3v) is 4.77. The highest BCUT2D eigenvalue weighted by atomic mass is 32.2. The summed E-state index contributed by atoms with van der Waals surface area (Å²) in [6.45, 7) is 0. The Balaban J connectivity index is 1.84. The van der Waals surface area contributed by atoms with Crippen molar-refractivity contribution in [2.75, 3.05) is 7.05 Å². The molecule has 0 aromatic heterocycles. The summed E-state index contributed by atoms with van der Waals surface area (Å²) in [4.78, 5) is 30.0. The molecule has 6 heteroatoms. The van der Waals surface area contributed by atoms with Crippen molar-refractivity contribution in [1.82, 2.24) is 4.90 Å². The molecule has 1 aliphatic rings. The number of aliphatic imine (C=N–C) groups is 1. The number of amides is 1. The van der Waals surface area contributed by atoms with Gasteiger partial charge in [0.25, 0.3) is 5.91 Å². The molecule has 1 N–H and O–H groups in total. The predicted octanol–water partition coefficient (Wildman–Crippen LogP) is 4.17. The number of amidine groups is 1. The van der Waals surface area contributed by atoms with Crippen molar-refractivity contribution in [3.63, 3.8) is 0 Å². The van der Waals surface area contributed by atoms with Gasteiger partial charge < -0.3 is 5.11 Å². The van der Waals surface area contributed by atoms with E-state index in [1.54, 1.807) is 31.3 Å². The van der Waals surface area contributed by atoms with Crippen molar-refractivity contribution in [3.05, 3.63) is 82.8 Å². The Bertz CT molecular complexity index is 933. The molecule has 3 rings (SSSR count). The smallest absolute Gasteiger partial charge is 0.337 e. The number of hydrogen-bond acceptors (Lipinski definition) is 4. The fourth-order valence-electron chi connectivity index (χ4n) is 2.33. The Morgan fingerprint density at radius 1 is 1.12 bits per heavy atom. The molecule has 1 amide bonds. The van der Waals surface area contributed by atoms with Gasteiger partial charge in [0.1, 0.15) is 0 Å². The quantitative estimate of drug-likeness (QED) is 0.827. The minimum absolute atomic E-state index is 0.0999. The van der Waals surface area contributed by atoms with Gasteiger partial charge in [-0.25, -0.2) is 9.79 Å². The van der Waals surface area contributed by atoms with Crippen molar-refractivity contribution in [3.8, 4) is 0 Å². The van der Waals surface area contributed by atoms with Crippen LogP contribution in [-0.2, 0) is 4.79 Å². The van der Waals surface area contributed by atoms with Gasteiger partial charge in [0, 0.05) is 7.05 Å². The van der Waals surface area contributed by atoms with E-state index in [0.717, 1.165) is 5.56 Å². The number of benzene rings is 2. The molecule has 1 aliphatic heterocycles.